The van der Waals surface area contributed by atoms with Crippen LogP contribution in [0.25, 0.3) is 0 Å². The van der Waals surface area contributed by atoms with Gasteiger partial charge in [-0.05, 0) is 31.1 Å². The van der Waals surface area contributed by atoms with E-state index < -0.39 is 11.9 Å². The minimum atomic E-state index is -0.844. The molecule has 3 unspecified atom stereocenters. The fourth-order valence-electron chi connectivity index (χ4n) is 3.82. The van der Waals surface area contributed by atoms with Gasteiger partial charge in [0.1, 0.15) is 0 Å². The summed E-state index contributed by atoms with van der Waals surface area (Å²) in [5.74, 6) is -0.0547. The predicted octanol–water partition coefficient (Wildman–Crippen LogP) is 2.40. The maximum absolute atomic E-state index is 12.0. The maximum atomic E-state index is 12.0. The lowest BCUT2D eigenvalue weighted by Gasteiger charge is -2.19. The third-order valence-electron chi connectivity index (χ3n) is 4.92. The normalized spacial score (nSPS) is 34.9. The molecule has 1 saturated carbocycles. The van der Waals surface area contributed by atoms with Crippen molar-refractivity contribution in [2.75, 3.05) is 6.54 Å². The second-order valence-corrected chi connectivity index (χ2v) is 6.17. The monoisotopic (exact) mass is 263 g/mol. The van der Waals surface area contributed by atoms with Crippen molar-refractivity contribution in [1.29, 1.82) is 0 Å². The van der Waals surface area contributed by atoms with Gasteiger partial charge in [0.15, 0.2) is 0 Å². The minimum Gasteiger partial charge on any atom is -0.481 e. The van der Waals surface area contributed by atoms with Gasteiger partial charge in [0.05, 0.1) is 5.92 Å². The number of carbonyl (C=O) groups is 2. The molecule has 0 aromatic heterocycles. The van der Waals surface area contributed by atoms with Crippen LogP contribution in [0, 0.1) is 17.8 Å². The summed E-state index contributed by atoms with van der Waals surface area (Å²) < 4.78 is 0. The summed E-state index contributed by atoms with van der Waals surface area (Å²) in [5.41, 5.74) is 1.10. The number of carboxylic acids is 1. The molecule has 1 N–H and O–H groups in total. The van der Waals surface area contributed by atoms with Gasteiger partial charge in [0.25, 0.3) is 0 Å². The number of hydrogen-bond acceptors (Lipinski definition) is 2. The average Bonchev–Trinajstić information content (AvgIpc) is 2.87. The van der Waals surface area contributed by atoms with Crippen LogP contribution in [0.5, 0.6) is 0 Å². The number of fused-ring (bicyclic) bond motifs is 1. The van der Waals surface area contributed by atoms with Crippen molar-refractivity contribution in [2.45, 2.75) is 44.9 Å². The topological polar surface area (TPSA) is 57.6 Å². The lowest BCUT2D eigenvalue weighted by Crippen LogP contribution is -2.25. The Morgan fingerprint density at radius 2 is 2.00 bits per heavy atom. The first-order valence-corrected chi connectivity index (χ1v) is 7.39. The van der Waals surface area contributed by atoms with Crippen molar-refractivity contribution in [1.82, 2.24) is 4.90 Å². The summed E-state index contributed by atoms with van der Waals surface area (Å²) in [5, 5.41) is 9.04. The molecule has 0 radical (unpaired) electrons. The Morgan fingerprint density at radius 3 is 2.74 bits per heavy atom. The molecule has 104 valence electrons. The molecule has 3 atom stereocenters. The van der Waals surface area contributed by atoms with E-state index in [9.17, 15) is 9.59 Å². The Labute approximate surface area is 113 Å². The Kier molecular flexibility index (Phi) is 3.33. The number of nitrogens with zero attached hydrogens (tertiary/aromatic N) is 1. The second kappa shape index (κ2) is 4.99. The van der Waals surface area contributed by atoms with E-state index in [1.807, 2.05) is 0 Å². The van der Waals surface area contributed by atoms with Crippen molar-refractivity contribution in [3.63, 3.8) is 0 Å². The van der Waals surface area contributed by atoms with Crippen LogP contribution in [0.1, 0.15) is 44.9 Å². The fraction of sp³-hybridized carbons (Fsp3) is 0.733. The first-order valence-electron chi connectivity index (χ1n) is 7.39. The van der Waals surface area contributed by atoms with Crippen molar-refractivity contribution in [3.8, 4) is 0 Å². The molecule has 3 aliphatic rings. The first-order chi connectivity index (χ1) is 9.15. The van der Waals surface area contributed by atoms with Crippen molar-refractivity contribution < 1.29 is 14.7 Å². The van der Waals surface area contributed by atoms with E-state index in [4.69, 9.17) is 5.11 Å². The van der Waals surface area contributed by atoms with Gasteiger partial charge in [0.2, 0.25) is 5.91 Å². The molecule has 0 bridgehead atoms. The molecular formula is C15H21NO3. The van der Waals surface area contributed by atoms with Gasteiger partial charge >= 0.3 is 5.97 Å². The molecule has 4 heteroatoms. The van der Waals surface area contributed by atoms with Crippen LogP contribution in [0.2, 0.25) is 0 Å². The number of rotatable bonds is 2. The molecule has 1 heterocycles. The summed E-state index contributed by atoms with van der Waals surface area (Å²) in [4.78, 5) is 24.7. The molecule has 2 fully saturated rings. The lowest BCUT2D eigenvalue weighted by molar-refractivity contribution is -0.141. The van der Waals surface area contributed by atoms with E-state index in [0.29, 0.717) is 18.4 Å². The zero-order valence-electron chi connectivity index (χ0n) is 11.2. The molecule has 0 spiro atoms. The molecule has 1 aliphatic heterocycles. The van der Waals surface area contributed by atoms with Crippen LogP contribution < -0.4 is 0 Å². The van der Waals surface area contributed by atoms with E-state index in [0.717, 1.165) is 12.1 Å². The highest BCUT2D eigenvalue weighted by molar-refractivity contribution is 5.87. The molecule has 2 aliphatic carbocycles. The predicted molar refractivity (Wildman–Crippen MR) is 70.2 cm³/mol. The maximum Gasteiger partial charge on any atom is 0.308 e. The van der Waals surface area contributed by atoms with Gasteiger partial charge in [0, 0.05) is 18.7 Å². The molecular weight excluding hydrogens is 242 g/mol. The van der Waals surface area contributed by atoms with Gasteiger partial charge in [-0.3, -0.25) is 9.59 Å². The third-order valence-corrected chi connectivity index (χ3v) is 4.92. The quantitative estimate of drug-likeness (QED) is 0.832. The van der Waals surface area contributed by atoms with E-state index in [2.05, 4.69) is 6.08 Å². The van der Waals surface area contributed by atoms with Crippen LogP contribution in [-0.4, -0.2) is 28.4 Å². The minimum absolute atomic E-state index is 0.00453. The molecule has 4 nitrogen and oxygen atoms in total. The number of amides is 1. The van der Waals surface area contributed by atoms with E-state index in [-0.39, 0.29) is 12.3 Å². The molecule has 19 heavy (non-hydrogen) atoms. The third kappa shape index (κ3) is 2.40. The molecule has 1 amide bonds. The van der Waals surface area contributed by atoms with E-state index >= 15 is 0 Å². The van der Waals surface area contributed by atoms with Crippen LogP contribution in [0.4, 0.5) is 0 Å². The summed E-state index contributed by atoms with van der Waals surface area (Å²) in [6.07, 6.45) is 9.82. The standard InChI is InChI=1S/C15H21NO3/c17-14-8-12(15(18)19)9-16(14)13-6-10-4-2-1-3-5-11(10)7-13/h6,10-12H,1-5,7-9H2,(H,18,19). The average molecular weight is 263 g/mol. The van der Waals surface area contributed by atoms with Crippen molar-refractivity contribution >= 4 is 11.9 Å². The number of carboxylic acid groups (broad SMARTS) is 1. The summed E-state index contributed by atoms with van der Waals surface area (Å²) >= 11 is 0. The fourth-order valence-corrected chi connectivity index (χ4v) is 3.82. The Hall–Kier alpha value is -1.32. The molecule has 0 aromatic carbocycles. The van der Waals surface area contributed by atoms with Gasteiger partial charge in [-0.1, -0.05) is 25.3 Å². The van der Waals surface area contributed by atoms with Gasteiger partial charge in [-0.15, -0.1) is 0 Å². The summed E-state index contributed by atoms with van der Waals surface area (Å²) in [6.45, 7) is 0.374. The van der Waals surface area contributed by atoms with Crippen LogP contribution >= 0.6 is 0 Å². The molecule has 3 rings (SSSR count). The molecule has 0 aromatic rings. The van der Waals surface area contributed by atoms with Crippen molar-refractivity contribution in [2.24, 2.45) is 17.8 Å². The second-order valence-electron chi connectivity index (χ2n) is 6.17. The van der Waals surface area contributed by atoms with Crippen molar-refractivity contribution in [3.05, 3.63) is 11.8 Å². The number of hydrogen-bond donors (Lipinski definition) is 1. The van der Waals surface area contributed by atoms with Gasteiger partial charge in [-0.2, -0.15) is 0 Å². The Balaban J connectivity index is 1.71. The van der Waals surface area contributed by atoms with E-state index in [1.165, 1.54) is 32.1 Å². The van der Waals surface area contributed by atoms with E-state index in [1.54, 1.807) is 4.90 Å². The highest BCUT2D eigenvalue weighted by Gasteiger charge is 2.39. The largest absolute Gasteiger partial charge is 0.481 e. The number of carbonyl (C=O) groups excluding carboxylic acids is 1. The van der Waals surface area contributed by atoms with Gasteiger partial charge in [-0.25, -0.2) is 0 Å². The zero-order valence-corrected chi connectivity index (χ0v) is 11.2. The lowest BCUT2D eigenvalue weighted by atomic mass is 9.91. The zero-order chi connectivity index (χ0) is 13.4. The summed E-state index contributed by atoms with van der Waals surface area (Å²) in [6, 6.07) is 0. The summed E-state index contributed by atoms with van der Waals surface area (Å²) in [7, 11) is 0. The number of allylic oxidation sites excluding steroid dienone is 2. The van der Waals surface area contributed by atoms with Gasteiger partial charge < -0.3 is 10.0 Å². The number of aliphatic carboxylic acids is 1. The first kappa shape index (κ1) is 12.7. The Bertz CT molecular complexity index is 429. The SMILES string of the molecule is O=C(O)C1CC(=O)N(C2=CC3CCCCCC3C2)C1. The smallest absolute Gasteiger partial charge is 0.308 e. The van der Waals surface area contributed by atoms with Crippen LogP contribution in [0.3, 0.4) is 0 Å². The number of likely N-dealkylation sites (tertiary alicyclic amines) is 1. The molecule has 1 saturated heterocycles. The Morgan fingerprint density at radius 1 is 1.21 bits per heavy atom. The van der Waals surface area contributed by atoms with Crippen LogP contribution in [-0.2, 0) is 9.59 Å². The highest BCUT2D eigenvalue weighted by Crippen LogP contribution is 2.42. The van der Waals surface area contributed by atoms with Crippen LogP contribution in [0.15, 0.2) is 11.8 Å². The highest BCUT2D eigenvalue weighted by atomic mass is 16.4.